The average molecular weight is 434 g/mol. The van der Waals surface area contributed by atoms with Crippen LogP contribution in [-0.4, -0.2) is 39.8 Å². The highest BCUT2D eigenvalue weighted by Gasteiger charge is 2.40. The van der Waals surface area contributed by atoms with Crippen LogP contribution in [0.4, 0.5) is 11.4 Å². The Labute approximate surface area is 182 Å². The fourth-order valence-corrected chi connectivity index (χ4v) is 4.33. The maximum absolute atomic E-state index is 12.7. The number of carboxylic acid groups (broad SMARTS) is 1. The lowest BCUT2D eigenvalue weighted by atomic mass is 10.1. The summed E-state index contributed by atoms with van der Waals surface area (Å²) >= 11 is 1.12. The second kappa shape index (κ2) is 8.61. The highest BCUT2D eigenvalue weighted by Crippen LogP contribution is 2.30. The molecular formula is C23H18N2O5S. The molecule has 8 heteroatoms. The topological polar surface area (TPSA) is 104 Å². The Bertz CT molecular complexity index is 1190. The quantitative estimate of drug-likeness (QED) is 0.575. The van der Waals surface area contributed by atoms with E-state index in [2.05, 4.69) is 5.32 Å². The van der Waals surface area contributed by atoms with Gasteiger partial charge in [0.25, 0.3) is 0 Å². The van der Waals surface area contributed by atoms with Crippen LogP contribution in [0.25, 0.3) is 10.8 Å². The number of fused-ring (bicyclic) bond motifs is 1. The summed E-state index contributed by atoms with van der Waals surface area (Å²) in [6.45, 7) is 0. The molecule has 3 amide bonds. The van der Waals surface area contributed by atoms with Crippen molar-refractivity contribution < 1.29 is 24.3 Å². The van der Waals surface area contributed by atoms with E-state index >= 15 is 0 Å². The van der Waals surface area contributed by atoms with Crippen LogP contribution >= 0.6 is 11.8 Å². The maximum atomic E-state index is 12.7. The summed E-state index contributed by atoms with van der Waals surface area (Å²) in [6.07, 6.45) is -0.00651. The molecule has 2 N–H and O–H groups in total. The zero-order valence-electron chi connectivity index (χ0n) is 16.3. The van der Waals surface area contributed by atoms with Gasteiger partial charge in [0.05, 0.1) is 22.3 Å². The number of aromatic carboxylic acids is 1. The molecule has 1 aliphatic heterocycles. The van der Waals surface area contributed by atoms with Crippen LogP contribution in [-0.2, 0) is 14.4 Å². The van der Waals surface area contributed by atoms with Crippen LogP contribution < -0.4 is 10.2 Å². The number of carbonyl (C=O) groups is 4. The van der Waals surface area contributed by atoms with Crippen LogP contribution in [0.2, 0.25) is 0 Å². The van der Waals surface area contributed by atoms with Gasteiger partial charge in [0.1, 0.15) is 0 Å². The lowest BCUT2D eigenvalue weighted by Crippen LogP contribution is -2.31. The highest BCUT2D eigenvalue weighted by atomic mass is 32.2. The molecule has 31 heavy (non-hydrogen) atoms. The van der Waals surface area contributed by atoms with E-state index in [9.17, 15) is 19.2 Å². The molecule has 1 aliphatic rings. The molecule has 0 unspecified atom stereocenters. The van der Waals surface area contributed by atoms with E-state index in [1.54, 1.807) is 0 Å². The van der Waals surface area contributed by atoms with E-state index in [-0.39, 0.29) is 29.6 Å². The first-order valence-corrected chi connectivity index (χ1v) is 10.6. The molecule has 1 fully saturated rings. The van der Waals surface area contributed by atoms with Crippen molar-refractivity contribution in [2.75, 3.05) is 16.0 Å². The van der Waals surface area contributed by atoms with Crippen molar-refractivity contribution in [3.63, 3.8) is 0 Å². The second-order valence-corrected chi connectivity index (χ2v) is 8.22. The number of hydrogen-bond donors (Lipinski definition) is 2. The predicted molar refractivity (Wildman–Crippen MR) is 119 cm³/mol. The number of anilines is 2. The fourth-order valence-electron chi connectivity index (χ4n) is 3.40. The van der Waals surface area contributed by atoms with Crippen LogP contribution in [0.5, 0.6) is 0 Å². The average Bonchev–Trinajstić information content (AvgIpc) is 3.05. The summed E-state index contributed by atoms with van der Waals surface area (Å²) in [7, 11) is 0. The molecule has 1 heterocycles. The molecule has 1 atom stereocenters. The normalized spacial score (nSPS) is 16.0. The third kappa shape index (κ3) is 4.44. The molecule has 0 aliphatic carbocycles. The first kappa shape index (κ1) is 20.6. The van der Waals surface area contributed by atoms with E-state index in [1.165, 1.54) is 24.3 Å². The highest BCUT2D eigenvalue weighted by molar-refractivity contribution is 8.01. The molecule has 156 valence electrons. The fraction of sp³-hybridized carbons (Fsp3) is 0.130. The first-order valence-electron chi connectivity index (χ1n) is 9.53. The maximum Gasteiger partial charge on any atom is 0.335 e. The van der Waals surface area contributed by atoms with Crippen LogP contribution in [0.15, 0.2) is 66.7 Å². The lowest BCUT2D eigenvalue weighted by Gasteiger charge is -2.15. The molecule has 3 aromatic carbocycles. The van der Waals surface area contributed by atoms with Gasteiger partial charge in [-0.15, -0.1) is 11.8 Å². The largest absolute Gasteiger partial charge is 0.478 e. The Kier molecular flexibility index (Phi) is 5.73. The van der Waals surface area contributed by atoms with Crippen LogP contribution in [0, 0.1) is 0 Å². The summed E-state index contributed by atoms with van der Waals surface area (Å²) in [5.74, 6) is -2.10. The Morgan fingerprint density at radius 1 is 1.00 bits per heavy atom. The molecular weight excluding hydrogens is 416 g/mol. The third-order valence-electron chi connectivity index (χ3n) is 4.93. The molecule has 0 spiro atoms. The lowest BCUT2D eigenvalue weighted by molar-refractivity contribution is -0.121. The van der Waals surface area contributed by atoms with Crippen molar-refractivity contribution in [1.82, 2.24) is 0 Å². The van der Waals surface area contributed by atoms with Crippen molar-refractivity contribution >= 4 is 57.6 Å². The smallest absolute Gasteiger partial charge is 0.335 e. The molecule has 0 radical (unpaired) electrons. The van der Waals surface area contributed by atoms with Gasteiger partial charge in [-0.1, -0.05) is 30.3 Å². The Balaban J connectivity index is 1.37. The first-order chi connectivity index (χ1) is 14.9. The number of nitrogens with zero attached hydrogens (tertiary/aromatic N) is 1. The number of hydrogen-bond acceptors (Lipinski definition) is 5. The number of amides is 3. The predicted octanol–water partition coefficient (Wildman–Crippen LogP) is 3.54. The van der Waals surface area contributed by atoms with Gasteiger partial charge < -0.3 is 10.4 Å². The summed E-state index contributed by atoms with van der Waals surface area (Å²) in [4.78, 5) is 49.4. The molecule has 3 aromatic rings. The van der Waals surface area contributed by atoms with E-state index in [0.717, 1.165) is 27.4 Å². The summed E-state index contributed by atoms with van der Waals surface area (Å²) in [6, 6.07) is 19.0. The molecule has 0 bridgehead atoms. The number of carbonyl (C=O) groups excluding carboxylic acids is 3. The van der Waals surface area contributed by atoms with Gasteiger partial charge in [-0.2, -0.15) is 0 Å². The van der Waals surface area contributed by atoms with E-state index in [1.807, 2.05) is 42.5 Å². The summed E-state index contributed by atoms with van der Waals surface area (Å²) in [5.41, 5.74) is 1.06. The third-order valence-corrected chi connectivity index (χ3v) is 6.13. The molecule has 0 aromatic heterocycles. The van der Waals surface area contributed by atoms with Gasteiger partial charge in [0.2, 0.25) is 17.7 Å². The zero-order chi connectivity index (χ0) is 22.0. The number of benzene rings is 3. The minimum Gasteiger partial charge on any atom is -0.478 e. The molecule has 7 nitrogen and oxygen atoms in total. The van der Waals surface area contributed by atoms with Crippen molar-refractivity contribution in [1.29, 1.82) is 0 Å². The van der Waals surface area contributed by atoms with Gasteiger partial charge in [-0.3, -0.25) is 14.4 Å². The van der Waals surface area contributed by atoms with Crippen molar-refractivity contribution in [3.8, 4) is 0 Å². The second-order valence-electron chi connectivity index (χ2n) is 7.03. The number of nitrogens with one attached hydrogen (secondary N) is 1. The molecule has 0 saturated carbocycles. The van der Waals surface area contributed by atoms with E-state index in [4.69, 9.17) is 5.11 Å². The monoisotopic (exact) mass is 434 g/mol. The number of rotatable bonds is 6. The Morgan fingerprint density at radius 3 is 2.42 bits per heavy atom. The Hall–Kier alpha value is -3.65. The number of imide groups is 1. The summed E-state index contributed by atoms with van der Waals surface area (Å²) in [5, 5.41) is 13.2. The number of carboxylic acids is 1. The van der Waals surface area contributed by atoms with Crippen LogP contribution in [0.1, 0.15) is 16.8 Å². The van der Waals surface area contributed by atoms with Gasteiger partial charge in [-0.25, -0.2) is 9.69 Å². The minimum atomic E-state index is -1.09. The van der Waals surface area contributed by atoms with Gasteiger partial charge in [0.15, 0.2) is 0 Å². The molecule has 4 rings (SSSR count). The van der Waals surface area contributed by atoms with Gasteiger partial charge in [0, 0.05) is 12.1 Å². The van der Waals surface area contributed by atoms with Crippen molar-refractivity contribution in [3.05, 3.63) is 72.3 Å². The molecule has 1 saturated heterocycles. The summed E-state index contributed by atoms with van der Waals surface area (Å²) < 4.78 is 0. The number of thioether (sulfide) groups is 1. The van der Waals surface area contributed by atoms with E-state index < -0.39 is 17.1 Å². The van der Waals surface area contributed by atoms with Gasteiger partial charge in [-0.05, 0) is 47.2 Å². The standard InChI is InChI=1S/C23H18N2O5S/c26-20(24-17-8-5-14-3-1-2-4-16(14)11-17)13-31-19-12-21(27)25(22(19)28)18-9-6-15(7-10-18)23(29)30/h1-11,19H,12-13H2,(H,24,26)(H,29,30)/t19-/m1/s1. The van der Waals surface area contributed by atoms with Crippen molar-refractivity contribution in [2.24, 2.45) is 0 Å². The Morgan fingerprint density at radius 2 is 1.71 bits per heavy atom. The minimum absolute atomic E-state index is 0.00651. The van der Waals surface area contributed by atoms with Crippen LogP contribution in [0.3, 0.4) is 0 Å². The van der Waals surface area contributed by atoms with Gasteiger partial charge >= 0.3 is 5.97 Å². The van der Waals surface area contributed by atoms with E-state index in [0.29, 0.717) is 11.4 Å². The van der Waals surface area contributed by atoms with Crippen molar-refractivity contribution in [2.45, 2.75) is 11.7 Å². The SMILES string of the molecule is O=C(CS[C@@H]1CC(=O)N(c2ccc(C(=O)O)cc2)C1=O)Nc1ccc2ccccc2c1. The zero-order valence-corrected chi connectivity index (χ0v) is 17.1.